The van der Waals surface area contributed by atoms with Crippen LogP contribution in [0.3, 0.4) is 0 Å². The predicted molar refractivity (Wildman–Crippen MR) is 105 cm³/mol. The number of esters is 1. The van der Waals surface area contributed by atoms with Gasteiger partial charge in [0.25, 0.3) is 5.91 Å². The molecule has 5 rings (SSSR count). The molecule has 1 atom stereocenters. The Morgan fingerprint density at radius 1 is 1.00 bits per heavy atom. The number of hydrogen-bond acceptors (Lipinski definition) is 4. The van der Waals surface area contributed by atoms with E-state index in [4.69, 9.17) is 4.74 Å². The zero-order valence-electron chi connectivity index (χ0n) is 16.5. The number of carbonyl (C=O) groups excluding carboxylic acids is 3. The summed E-state index contributed by atoms with van der Waals surface area (Å²) in [4.78, 5) is 36.9. The van der Waals surface area contributed by atoms with Crippen molar-refractivity contribution in [2.45, 2.75) is 69.9 Å². The van der Waals surface area contributed by atoms with Gasteiger partial charge in [-0.05, 0) is 63.2 Å². The van der Waals surface area contributed by atoms with Crippen LogP contribution in [0.25, 0.3) is 0 Å². The number of ketones is 1. The maximum Gasteiger partial charge on any atom is 0.307 e. The van der Waals surface area contributed by atoms with Crippen molar-refractivity contribution in [3.63, 3.8) is 0 Å². The van der Waals surface area contributed by atoms with E-state index >= 15 is 0 Å². The first-order valence-corrected chi connectivity index (χ1v) is 10.5. The van der Waals surface area contributed by atoms with Gasteiger partial charge in [-0.15, -0.1) is 0 Å². The van der Waals surface area contributed by atoms with Gasteiger partial charge < -0.3 is 10.1 Å². The molecule has 5 heteroatoms. The summed E-state index contributed by atoms with van der Waals surface area (Å²) in [6.07, 6.45) is 6.39. The first kappa shape index (κ1) is 19.2. The number of amides is 1. The van der Waals surface area contributed by atoms with Crippen LogP contribution in [-0.4, -0.2) is 29.3 Å². The Hall–Kier alpha value is -2.17. The Bertz CT molecular complexity index is 722. The minimum Gasteiger partial charge on any atom is -0.453 e. The fourth-order valence-electron chi connectivity index (χ4n) is 5.92. The number of ether oxygens (including phenoxy) is 1. The van der Waals surface area contributed by atoms with Crippen LogP contribution in [-0.2, 0) is 14.3 Å². The third-order valence-corrected chi connectivity index (χ3v) is 6.76. The van der Waals surface area contributed by atoms with E-state index in [2.05, 4.69) is 5.32 Å². The van der Waals surface area contributed by atoms with E-state index < -0.39 is 12.1 Å². The molecule has 0 saturated heterocycles. The van der Waals surface area contributed by atoms with E-state index in [9.17, 15) is 14.4 Å². The van der Waals surface area contributed by atoms with Gasteiger partial charge in [-0.1, -0.05) is 30.3 Å². The van der Waals surface area contributed by atoms with Crippen molar-refractivity contribution in [2.75, 3.05) is 0 Å². The first-order valence-electron chi connectivity index (χ1n) is 10.5. The molecular formula is C23H29NO4. The molecule has 4 fully saturated rings. The highest BCUT2D eigenvalue weighted by molar-refractivity contribution is 5.97. The predicted octanol–water partition coefficient (Wildman–Crippen LogP) is 3.67. The van der Waals surface area contributed by atoms with E-state index in [1.54, 1.807) is 31.2 Å². The van der Waals surface area contributed by atoms with Gasteiger partial charge in [-0.2, -0.15) is 0 Å². The summed E-state index contributed by atoms with van der Waals surface area (Å²) in [5.74, 6) is 1.43. The Kier molecular flexibility index (Phi) is 5.26. The lowest BCUT2D eigenvalue weighted by molar-refractivity contribution is -0.156. The summed E-state index contributed by atoms with van der Waals surface area (Å²) in [6.45, 7) is 1.62. The minimum absolute atomic E-state index is 0.0112. The maximum absolute atomic E-state index is 12.7. The standard InChI is InChI=1S/C23H29NO4/c1-15(28-21(26)8-7-20(25)19-5-3-2-4-6-19)22(27)24-23-12-16-9-17(13-23)11-18(10-16)14-23/h2-6,15-18H,7-14H2,1H3,(H,24,27)/t15-,16?,17?,18?,23?/m1/s1. The van der Waals surface area contributed by atoms with Gasteiger partial charge in [-0.25, -0.2) is 0 Å². The molecule has 150 valence electrons. The van der Waals surface area contributed by atoms with Crippen LogP contribution in [0.2, 0.25) is 0 Å². The molecule has 28 heavy (non-hydrogen) atoms. The van der Waals surface area contributed by atoms with Crippen LogP contribution in [0.4, 0.5) is 0 Å². The SMILES string of the molecule is C[C@@H](OC(=O)CCC(=O)c1ccccc1)C(=O)NC12CC3CC(CC(C3)C1)C2. The van der Waals surface area contributed by atoms with Crippen molar-refractivity contribution in [1.82, 2.24) is 5.32 Å². The van der Waals surface area contributed by atoms with E-state index in [-0.39, 0.29) is 30.1 Å². The van der Waals surface area contributed by atoms with Gasteiger partial charge in [0.05, 0.1) is 6.42 Å². The summed E-state index contributed by atoms with van der Waals surface area (Å²) in [6, 6.07) is 8.89. The number of carbonyl (C=O) groups is 3. The normalized spacial score (nSPS) is 31.2. The summed E-state index contributed by atoms with van der Waals surface area (Å²) in [5, 5.41) is 3.24. The van der Waals surface area contributed by atoms with Crippen LogP contribution in [0.15, 0.2) is 30.3 Å². The number of Topliss-reactive ketones (excluding diaryl/α,β-unsaturated/α-hetero) is 1. The lowest BCUT2D eigenvalue weighted by atomic mass is 9.53. The molecule has 0 aromatic heterocycles. The van der Waals surface area contributed by atoms with Crippen molar-refractivity contribution in [1.29, 1.82) is 0 Å². The summed E-state index contributed by atoms with van der Waals surface area (Å²) in [5.41, 5.74) is 0.499. The Morgan fingerprint density at radius 3 is 2.14 bits per heavy atom. The monoisotopic (exact) mass is 383 g/mol. The molecule has 1 amide bonds. The Morgan fingerprint density at radius 2 is 1.57 bits per heavy atom. The van der Waals surface area contributed by atoms with Gasteiger partial charge in [0.15, 0.2) is 11.9 Å². The zero-order valence-corrected chi connectivity index (χ0v) is 16.5. The van der Waals surface area contributed by atoms with Crippen molar-refractivity contribution in [2.24, 2.45) is 17.8 Å². The molecule has 4 bridgehead atoms. The maximum atomic E-state index is 12.7. The lowest BCUT2D eigenvalue weighted by Gasteiger charge is -2.57. The average Bonchev–Trinajstić information content (AvgIpc) is 2.65. The van der Waals surface area contributed by atoms with Crippen LogP contribution < -0.4 is 5.32 Å². The molecule has 1 N–H and O–H groups in total. The number of benzene rings is 1. The number of rotatable bonds is 7. The van der Waals surface area contributed by atoms with E-state index in [0.29, 0.717) is 5.56 Å². The second-order valence-electron chi connectivity index (χ2n) is 9.11. The molecule has 0 radical (unpaired) electrons. The molecule has 4 saturated carbocycles. The Labute approximate surface area is 166 Å². The van der Waals surface area contributed by atoms with Crippen molar-refractivity contribution >= 4 is 17.7 Å². The highest BCUT2D eigenvalue weighted by Gasteiger charge is 2.51. The fraction of sp³-hybridized carbons (Fsp3) is 0.609. The highest BCUT2D eigenvalue weighted by Crippen LogP contribution is 2.55. The van der Waals surface area contributed by atoms with Crippen LogP contribution in [0.1, 0.15) is 68.6 Å². The Balaban J connectivity index is 1.25. The van der Waals surface area contributed by atoms with Crippen LogP contribution in [0, 0.1) is 17.8 Å². The third-order valence-electron chi connectivity index (χ3n) is 6.76. The third kappa shape index (κ3) is 4.13. The molecule has 0 unspecified atom stereocenters. The number of nitrogens with one attached hydrogen (secondary N) is 1. The van der Waals surface area contributed by atoms with E-state index in [1.165, 1.54) is 19.3 Å². The van der Waals surface area contributed by atoms with Gasteiger partial charge in [0, 0.05) is 17.5 Å². The van der Waals surface area contributed by atoms with Crippen molar-refractivity contribution in [3.8, 4) is 0 Å². The van der Waals surface area contributed by atoms with Gasteiger partial charge in [0.2, 0.25) is 0 Å². The van der Waals surface area contributed by atoms with Crippen LogP contribution in [0.5, 0.6) is 0 Å². The number of hydrogen-bond donors (Lipinski definition) is 1. The fourth-order valence-corrected chi connectivity index (χ4v) is 5.92. The highest BCUT2D eigenvalue weighted by atomic mass is 16.5. The molecule has 4 aliphatic carbocycles. The summed E-state index contributed by atoms with van der Waals surface area (Å²) in [7, 11) is 0. The molecule has 0 aliphatic heterocycles. The topological polar surface area (TPSA) is 72.5 Å². The van der Waals surface area contributed by atoms with E-state index in [1.807, 2.05) is 6.07 Å². The van der Waals surface area contributed by atoms with Gasteiger partial charge in [0.1, 0.15) is 0 Å². The first-order chi connectivity index (χ1) is 13.4. The lowest BCUT2D eigenvalue weighted by Crippen LogP contribution is -2.61. The zero-order chi connectivity index (χ0) is 19.7. The van der Waals surface area contributed by atoms with Gasteiger partial charge in [-0.3, -0.25) is 14.4 Å². The molecule has 0 spiro atoms. The molecule has 1 aromatic rings. The smallest absolute Gasteiger partial charge is 0.307 e. The quantitative estimate of drug-likeness (QED) is 0.576. The minimum atomic E-state index is -0.827. The molecule has 5 nitrogen and oxygen atoms in total. The molecule has 4 aliphatic rings. The average molecular weight is 383 g/mol. The molecule has 0 heterocycles. The van der Waals surface area contributed by atoms with Crippen molar-refractivity contribution in [3.05, 3.63) is 35.9 Å². The molecule has 1 aromatic carbocycles. The van der Waals surface area contributed by atoms with Crippen molar-refractivity contribution < 1.29 is 19.1 Å². The summed E-state index contributed by atoms with van der Waals surface area (Å²) < 4.78 is 5.31. The second kappa shape index (κ2) is 7.69. The van der Waals surface area contributed by atoms with Crippen LogP contribution >= 0.6 is 0 Å². The van der Waals surface area contributed by atoms with Gasteiger partial charge >= 0.3 is 5.97 Å². The summed E-state index contributed by atoms with van der Waals surface area (Å²) >= 11 is 0. The van der Waals surface area contributed by atoms with E-state index in [0.717, 1.165) is 37.0 Å². The molecular weight excluding hydrogens is 354 g/mol. The largest absolute Gasteiger partial charge is 0.453 e. The second-order valence-corrected chi connectivity index (χ2v) is 9.11.